The molecule has 0 bridgehead atoms. The van der Waals surface area contributed by atoms with Gasteiger partial charge in [-0.25, -0.2) is 9.78 Å². The molecule has 1 fully saturated rings. The number of ether oxygens (including phenoxy) is 2. The third-order valence-corrected chi connectivity index (χ3v) is 4.32. The summed E-state index contributed by atoms with van der Waals surface area (Å²) in [5.74, 6) is -0.546. The van der Waals surface area contributed by atoms with Crippen LogP contribution in [0.5, 0.6) is 0 Å². The van der Waals surface area contributed by atoms with Crippen LogP contribution in [0.4, 0.5) is 5.13 Å². The van der Waals surface area contributed by atoms with E-state index in [-0.39, 0.29) is 11.9 Å². The number of thiazole rings is 1. The molecule has 24 heavy (non-hydrogen) atoms. The number of rotatable bonds is 5. The third-order valence-electron chi connectivity index (χ3n) is 3.56. The average molecular weight is 350 g/mol. The summed E-state index contributed by atoms with van der Waals surface area (Å²) in [6, 6.07) is 1.70. The molecule has 3 N–H and O–H groups in total. The van der Waals surface area contributed by atoms with Crippen LogP contribution in [-0.4, -0.2) is 54.8 Å². The number of hydrogen-bond donors (Lipinski definition) is 3. The molecule has 128 valence electrons. The molecular formula is C15H18N4O4S. The standard InChI is InChI=1S/C15H18N4O4S/c1-22-14(21)11-4-9(6-17-11)12-8-24-15(18-12)19-13(20)5-10-7-23-3-2-16-10/h4,6,8,10,16-17H,2-3,5,7H2,1H3,(H,18,19,20). The number of esters is 1. The Hall–Kier alpha value is -2.23. The van der Waals surface area contributed by atoms with Crippen molar-refractivity contribution in [2.45, 2.75) is 12.5 Å². The topological polar surface area (TPSA) is 105 Å². The van der Waals surface area contributed by atoms with Crippen molar-refractivity contribution >= 4 is 28.3 Å². The summed E-state index contributed by atoms with van der Waals surface area (Å²) in [4.78, 5) is 30.7. The summed E-state index contributed by atoms with van der Waals surface area (Å²) in [7, 11) is 1.32. The van der Waals surface area contributed by atoms with E-state index in [4.69, 9.17) is 4.74 Å². The number of morpholine rings is 1. The van der Waals surface area contributed by atoms with E-state index >= 15 is 0 Å². The van der Waals surface area contributed by atoms with Crippen molar-refractivity contribution in [1.82, 2.24) is 15.3 Å². The molecule has 1 aliphatic heterocycles. The van der Waals surface area contributed by atoms with Gasteiger partial charge in [0.25, 0.3) is 0 Å². The summed E-state index contributed by atoms with van der Waals surface area (Å²) in [5.41, 5.74) is 1.80. The van der Waals surface area contributed by atoms with E-state index in [9.17, 15) is 9.59 Å². The molecule has 3 rings (SSSR count). The number of nitrogens with zero attached hydrogens (tertiary/aromatic N) is 1. The van der Waals surface area contributed by atoms with E-state index in [1.165, 1.54) is 18.4 Å². The largest absolute Gasteiger partial charge is 0.464 e. The second kappa shape index (κ2) is 7.56. The normalized spacial score (nSPS) is 17.5. The highest BCUT2D eigenvalue weighted by molar-refractivity contribution is 7.14. The van der Waals surface area contributed by atoms with Gasteiger partial charge in [-0.05, 0) is 6.07 Å². The van der Waals surface area contributed by atoms with E-state index in [2.05, 4.69) is 25.3 Å². The van der Waals surface area contributed by atoms with Crippen LogP contribution in [0.3, 0.4) is 0 Å². The van der Waals surface area contributed by atoms with Gasteiger partial charge in [-0.3, -0.25) is 4.79 Å². The first-order chi connectivity index (χ1) is 11.7. The lowest BCUT2D eigenvalue weighted by atomic mass is 10.2. The minimum atomic E-state index is -0.438. The van der Waals surface area contributed by atoms with Gasteiger partial charge in [-0.1, -0.05) is 0 Å². The predicted octanol–water partition coefficient (Wildman–Crippen LogP) is 1.24. The molecule has 0 aromatic carbocycles. The van der Waals surface area contributed by atoms with Gasteiger partial charge in [0.2, 0.25) is 5.91 Å². The summed E-state index contributed by atoms with van der Waals surface area (Å²) in [5, 5.41) is 8.37. The maximum atomic E-state index is 12.1. The van der Waals surface area contributed by atoms with Crippen molar-refractivity contribution in [1.29, 1.82) is 0 Å². The van der Waals surface area contributed by atoms with Gasteiger partial charge in [0.15, 0.2) is 5.13 Å². The van der Waals surface area contributed by atoms with E-state index in [1.54, 1.807) is 12.3 Å². The van der Waals surface area contributed by atoms with E-state index < -0.39 is 5.97 Å². The van der Waals surface area contributed by atoms with Crippen molar-refractivity contribution < 1.29 is 19.1 Å². The molecular weight excluding hydrogens is 332 g/mol. The molecule has 8 nitrogen and oxygen atoms in total. The number of methoxy groups -OCH3 is 1. The number of aromatic nitrogens is 2. The Labute approximate surface area is 142 Å². The number of anilines is 1. The van der Waals surface area contributed by atoms with Gasteiger partial charge in [-0.2, -0.15) is 0 Å². The zero-order valence-corrected chi connectivity index (χ0v) is 13.9. The molecule has 3 heterocycles. The van der Waals surface area contributed by atoms with Gasteiger partial charge >= 0.3 is 5.97 Å². The molecule has 0 aliphatic carbocycles. The lowest BCUT2D eigenvalue weighted by Gasteiger charge is -2.22. The Morgan fingerprint density at radius 3 is 3.17 bits per heavy atom. The summed E-state index contributed by atoms with van der Waals surface area (Å²) in [6.07, 6.45) is 2.02. The molecule has 1 aliphatic rings. The summed E-state index contributed by atoms with van der Waals surface area (Å²) >= 11 is 1.33. The smallest absolute Gasteiger partial charge is 0.354 e. The van der Waals surface area contributed by atoms with Gasteiger partial charge in [-0.15, -0.1) is 11.3 Å². The minimum absolute atomic E-state index is 0.0328. The van der Waals surface area contributed by atoms with E-state index in [0.717, 1.165) is 12.1 Å². The maximum Gasteiger partial charge on any atom is 0.354 e. The number of carbonyl (C=O) groups excluding carboxylic acids is 2. The van der Waals surface area contributed by atoms with Crippen molar-refractivity contribution in [2.24, 2.45) is 0 Å². The second-order valence-electron chi connectivity index (χ2n) is 5.31. The van der Waals surface area contributed by atoms with E-state index in [0.29, 0.717) is 36.2 Å². The van der Waals surface area contributed by atoms with Crippen LogP contribution in [0.25, 0.3) is 11.3 Å². The quantitative estimate of drug-likeness (QED) is 0.701. The van der Waals surface area contributed by atoms with Gasteiger partial charge in [0, 0.05) is 36.1 Å². The van der Waals surface area contributed by atoms with Crippen molar-refractivity contribution in [3.63, 3.8) is 0 Å². The first-order valence-corrected chi connectivity index (χ1v) is 8.37. The first kappa shape index (κ1) is 16.6. The number of carbonyl (C=O) groups is 2. The summed E-state index contributed by atoms with van der Waals surface area (Å²) < 4.78 is 9.98. The summed E-state index contributed by atoms with van der Waals surface area (Å²) in [6.45, 7) is 1.98. The fourth-order valence-electron chi connectivity index (χ4n) is 2.38. The Balaban J connectivity index is 1.59. The number of nitrogens with one attached hydrogen (secondary N) is 3. The highest BCUT2D eigenvalue weighted by Gasteiger charge is 2.18. The molecule has 0 radical (unpaired) electrons. The van der Waals surface area contributed by atoms with Crippen molar-refractivity contribution in [3.8, 4) is 11.3 Å². The van der Waals surface area contributed by atoms with Crippen LogP contribution in [0.15, 0.2) is 17.6 Å². The van der Waals surface area contributed by atoms with Crippen molar-refractivity contribution in [3.05, 3.63) is 23.3 Å². The molecule has 2 aromatic heterocycles. The maximum absolute atomic E-state index is 12.1. The molecule has 9 heteroatoms. The van der Waals surface area contributed by atoms with E-state index in [1.807, 2.05) is 5.38 Å². The lowest BCUT2D eigenvalue weighted by Crippen LogP contribution is -2.43. The lowest BCUT2D eigenvalue weighted by molar-refractivity contribution is -0.117. The Bertz CT molecular complexity index is 721. The molecule has 1 unspecified atom stereocenters. The molecule has 0 saturated carbocycles. The van der Waals surface area contributed by atoms with Gasteiger partial charge < -0.3 is 25.1 Å². The SMILES string of the molecule is COC(=O)c1cc(-c2csc(NC(=O)CC3COCCN3)n2)c[nH]1. The molecule has 1 amide bonds. The van der Waals surface area contributed by atoms with Crippen LogP contribution in [0, 0.1) is 0 Å². The molecule has 1 atom stereocenters. The van der Waals surface area contributed by atoms with Crippen LogP contribution in [0.2, 0.25) is 0 Å². The zero-order chi connectivity index (χ0) is 16.9. The molecule has 2 aromatic rings. The Kier molecular flexibility index (Phi) is 5.24. The fourth-order valence-corrected chi connectivity index (χ4v) is 3.11. The third kappa shape index (κ3) is 3.99. The highest BCUT2D eigenvalue weighted by atomic mass is 32.1. The van der Waals surface area contributed by atoms with Crippen LogP contribution in [-0.2, 0) is 14.3 Å². The van der Waals surface area contributed by atoms with Gasteiger partial charge in [0.1, 0.15) is 5.69 Å². The number of H-pyrrole nitrogens is 1. The number of hydrogen-bond acceptors (Lipinski definition) is 7. The van der Waals surface area contributed by atoms with Crippen LogP contribution < -0.4 is 10.6 Å². The van der Waals surface area contributed by atoms with Crippen molar-refractivity contribution in [2.75, 3.05) is 32.2 Å². The minimum Gasteiger partial charge on any atom is -0.464 e. The Morgan fingerprint density at radius 2 is 2.42 bits per heavy atom. The first-order valence-electron chi connectivity index (χ1n) is 7.49. The number of aromatic amines is 1. The average Bonchev–Trinajstić information content (AvgIpc) is 3.24. The van der Waals surface area contributed by atoms with Crippen LogP contribution in [0.1, 0.15) is 16.9 Å². The van der Waals surface area contributed by atoms with Crippen LogP contribution >= 0.6 is 11.3 Å². The zero-order valence-electron chi connectivity index (χ0n) is 13.1. The highest BCUT2D eigenvalue weighted by Crippen LogP contribution is 2.25. The molecule has 1 saturated heterocycles. The number of amides is 1. The monoisotopic (exact) mass is 350 g/mol. The molecule has 0 spiro atoms. The fraction of sp³-hybridized carbons (Fsp3) is 0.400. The predicted molar refractivity (Wildman–Crippen MR) is 89.1 cm³/mol. The van der Waals surface area contributed by atoms with Gasteiger partial charge in [0.05, 0.1) is 26.0 Å². The Morgan fingerprint density at radius 1 is 1.54 bits per heavy atom. The second-order valence-corrected chi connectivity index (χ2v) is 6.17.